The van der Waals surface area contributed by atoms with E-state index in [1.54, 1.807) is 0 Å². The highest BCUT2D eigenvalue weighted by atomic mass is 16.5. The first kappa shape index (κ1) is 16.8. The lowest BCUT2D eigenvalue weighted by Gasteiger charge is -2.36. The van der Waals surface area contributed by atoms with Crippen LogP contribution in [0.25, 0.3) is 0 Å². The number of nitrogens with one attached hydrogen (secondary N) is 1. The SMILES string of the molecule is O=C([C@H]1CCCO1)N1CCN(c2ccc(Nc3ccccc3)nn2)CC1. The van der Waals surface area contributed by atoms with Gasteiger partial charge in [-0.25, -0.2) is 0 Å². The van der Waals surface area contributed by atoms with Crippen LogP contribution in [-0.2, 0) is 9.53 Å². The number of carbonyl (C=O) groups is 1. The second-order valence-corrected chi connectivity index (χ2v) is 6.58. The number of aromatic nitrogens is 2. The number of carbonyl (C=O) groups excluding carboxylic acids is 1. The van der Waals surface area contributed by atoms with E-state index in [0.717, 1.165) is 37.4 Å². The van der Waals surface area contributed by atoms with Gasteiger partial charge in [0.25, 0.3) is 5.91 Å². The van der Waals surface area contributed by atoms with Crippen LogP contribution in [0.4, 0.5) is 17.3 Å². The van der Waals surface area contributed by atoms with Crippen molar-refractivity contribution in [1.82, 2.24) is 15.1 Å². The zero-order chi connectivity index (χ0) is 17.8. The standard InChI is InChI=1S/C19H23N5O2/c25-19(16-7-4-14-26-16)24-12-10-23(11-13-24)18-9-8-17(21-22-18)20-15-5-2-1-3-6-15/h1-3,5-6,8-9,16H,4,7,10-14H2,(H,20,21)/t16-/m1/s1. The molecule has 1 amide bonds. The van der Waals surface area contributed by atoms with Gasteiger partial charge in [-0.1, -0.05) is 18.2 Å². The van der Waals surface area contributed by atoms with E-state index in [1.165, 1.54) is 0 Å². The predicted octanol–water partition coefficient (Wildman–Crippen LogP) is 2.05. The Morgan fingerprint density at radius 1 is 1.04 bits per heavy atom. The topological polar surface area (TPSA) is 70.6 Å². The van der Waals surface area contributed by atoms with Crippen LogP contribution in [0, 0.1) is 0 Å². The van der Waals surface area contributed by atoms with Crippen molar-refractivity contribution in [2.75, 3.05) is 43.0 Å². The normalized spacial score (nSPS) is 20.2. The minimum atomic E-state index is -0.232. The second-order valence-electron chi connectivity index (χ2n) is 6.58. The molecule has 1 atom stereocenters. The average molecular weight is 353 g/mol. The molecule has 1 N–H and O–H groups in total. The predicted molar refractivity (Wildman–Crippen MR) is 99.5 cm³/mol. The molecule has 136 valence electrons. The van der Waals surface area contributed by atoms with Crippen molar-refractivity contribution in [3.8, 4) is 0 Å². The Hall–Kier alpha value is -2.67. The van der Waals surface area contributed by atoms with Gasteiger partial charge in [-0.15, -0.1) is 10.2 Å². The van der Waals surface area contributed by atoms with Crippen molar-refractivity contribution in [2.45, 2.75) is 18.9 Å². The summed E-state index contributed by atoms with van der Waals surface area (Å²) in [6, 6.07) is 13.8. The van der Waals surface area contributed by atoms with E-state index in [0.29, 0.717) is 25.5 Å². The zero-order valence-electron chi connectivity index (χ0n) is 14.7. The number of para-hydroxylation sites is 1. The fourth-order valence-corrected chi connectivity index (χ4v) is 3.36. The van der Waals surface area contributed by atoms with Gasteiger partial charge in [0.05, 0.1) is 0 Å². The number of anilines is 3. The van der Waals surface area contributed by atoms with Gasteiger partial charge in [0.15, 0.2) is 11.6 Å². The summed E-state index contributed by atoms with van der Waals surface area (Å²) in [7, 11) is 0. The number of benzene rings is 1. The fraction of sp³-hybridized carbons (Fsp3) is 0.421. The molecule has 0 spiro atoms. The van der Waals surface area contributed by atoms with Crippen molar-refractivity contribution >= 4 is 23.2 Å². The molecule has 2 aliphatic rings. The quantitative estimate of drug-likeness (QED) is 0.907. The summed E-state index contributed by atoms with van der Waals surface area (Å²) in [5.74, 6) is 1.69. The second kappa shape index (κ2) is 7.70. The zero-order valence-corrected chi connectivity index (χ0v) is 14.7. The summed E-state index contributed by atoms with van der Waals surface area (Å²) in [6.45, 7) is 3.63. The number of piperazine rings is 1. The highest BCUT2D eigenvalue weighted by Gasteiger charge is 2.30. The van der Waals surface area contributed by atoms with Gasteiger partial charge in [-0.2, -0.15) is 0 Å². The van der Waals surface area contributed by atoms with Crippen molar-refractivity contribution in [3.05, 3.63) is 42.5 Å². The fourth-order valence-electron chi connectivity index (χ4n) is 3.36. The van der Waals surface area contributed by atoms with Gasteiger partial charge < -0.3 is 19.9 Å². The molecular weight excluding hydrogens is 330 g/mol. The molecule has 4 rings (SSSR count). The lowest BCUT2D eigenvalue weighted by molar-refractivity contribution is -0.141. The largest absolute Gasteiger partial charge is 0.368 e. The Bertz CT molecular complexity index is 723. The molecule has 2 aromatic rings. The molecule has 0 radical (unpaired) electrons. The Labute approximate surface area is 153 Å². The van der Waals surface area contributed by atoms with Crippen LogP contribution in [0.3, 0.4) is 0 Å². The summed E-state index contributed by atoms with van der Waals surface area (Å²) in [6.07, 6.45) is 1.60. The first-order valence-electron chi connectivity index (χ1n) is 9.11. The van der Waals surface area contributed by atoms with Crippen LogP contribution in [0.15, 0.2) is 42.5 Å². The van der Waals surface area contributed by atoms with Crippen LogP contribution in [0.1, 0.15) is 12.8 Å². The summed E-state index contributed by atoms with van der Waals surface area (Å²) >= 11 is 0. The van der Waals surface area contributed by atoms with Gasteiger partial charge in [0, 0.05) is 38.5 Å². The molecule has 3 heterocycles. The van der Waals surface area contributed by atoms with Crippen molar-refractivity contribution < 1.29 is 9.53 Å². The number of rotatable bonds is 4. The number of ether oxygens (including phenoxy) is 1. The molecule has 1 aromatic carbocycles. The monoisotopic (exact) mass is 353 g/mol. The Morgan fingerprint density at radius 3 is 2.50 bits per heavy atom. The summed E-state index contributed by atoms with van der Waals surface area (Å²) in [5, 5.41) is 11.8. The molecule has 1 aromatic heterocycles. The molecule has 2 aliphatic heterocycles. The lowest BCUT2D eigenvalue weighted by Crippen LogP contribution is -2.51. The van der Waals surface area contributed by atoms with Gasteiger partial charge in [0.1, 0.15) is 6.10 Å². The minimum absolute atomic E-state index is 0.135. The van der Waals surface area contributed by atoms with Crippen molar-refractivity contribution in [3.63, 3.8) is 0 Å². The summed E-state index contributed by atoms with van der Waals surface area (Å²) in [4.78, 5) is 16.5. The Morgan fingerprint density at radius 2 is 1.85 bits per heavy atom. The molecular formula is C19H23N5O2. The van der Waals surface area contributed by atoms with E-state index in [1.807, 2.05) is 47.4 Å². The average Bonchev–Trinajstić information content (AvgIpc) is 3.24. The molecule has 7 heteroatoms. The van der Waals surface area contributed by atoms with Crippen LogP contribution in [0.2, 0.25) is 0 Å². The van der Waals surface area contributed by atoms with Crippen molar-refractivity contribution in [1.29, 1.82) is 0 Å². The number of nitrogens with zero attached hydrogens (tertiary/aromatic N) is 4. The number of hydrogen-bond donors (Lipinski definition) is 1. The molecule has 2 fully saturated rings. The molecule has 7 nitrogen and oxygen atoms in total. The van der Waals surface area contributed by atoms with E-state index >= 15 is 0 Å². The summed E-state index contributed by atoms with van der Waals surface area (Å²) in [5.41, 5.74) is 0.982. The number of amides is 1. The van der Waals surface area contributed by atoms with Gasteiger partial charge in [0.2, 0.25) is 0 Å². The molecule has 0 saturated carbocycles. The van der Waals surface area contributed by atoms with Crippen LogP contribution >= 0.6 is 0 Å². The van der Waals surface area contributed by atoms with Crippen LogP contribution in [0.5, 0.6) is 0 Å². The maximum atomic E-state index is 12.4. The summed E-state index contributed by atoms with van der Waals surface area (Å²) < 4.78 is 5.51. The Balaban J connectivity index is 1.32. The first-order valence-corrected chi connectivity index (χ1v) is 9.11. The third-order valence-electron chi connectivity index (χ3n) is 4.82. The van der Waals surface area contributed by atoms with Crippen molar-refractivity contribution in [2.24, 2.45) is 0 Å². The maximum absolute atomic E-state index is 12.4. The molecule has 0 unspecified atom stereocenters. The lowest BCUT2D eigenvalue weighted by atomic mass is 10.2. The molecule has 26 heavy (non-hydrogen) atoms. The third kappa shape index (κ3) is 3.77. The highest BCUT2D eigenvalue weighted by molar-refractivity contribution is 5.81. The molecule has 0 aliphatic carbocycles. The maximum Gasteiger partial charge on any atom is 0.251 e. The van der Waals surface area contributed by atoms with E-state index < -0.39 is 0 Å². The van der Waals surface area contributed by atoms with E-state index in [9.17, 15) is 4.79 Å². The highest BCUT2D eigenvalue weighted by Crippen LogP contribution is 2.19. The van der Waals surface area contributed by atoms with Crippen LogP contribution < -0.4 is 10.2 Å². The third-order valence-corrected chi connectivity index (χ3v) is 4.82. The van der Waals surface area contributed by atoms with Gasteiger partial charge >= 0.3 is 0 Å². The number of hydrogen-bond acceptors (Lipinski definition) is 6. The van der Waals surface area contributed by atoms with Gasteiger partial charge in [-0.3, -0.25) is 4.79 Å². The minimum Gasteiger partial charge on any atom is -0.368 e. The molecule has 0 bridgehead atoms. The molecule has 2 saturated heterocycles. The van der Waals surface area contributed by atoms with E-state index in [2.05, 4.69) is 20.4 Å². The smallest absolute Gasteiger partial charge is 0.251 e. The first-order chi connectivity index (χ1) is 12.8. The Kier molecular flexibility index (Phi) is 4.97. The van der Waals surface area contributed by atoms with Gasteiger partial charge in [-0.05, 0) is 37.1 Å². The van der Waals surface area contributed by atoms with Crippen LogP contribution in [-0.4, -0.2) is 59.9 Å². The van der Waals surface area contributed by atoms with E-state index in [-0.39, 0.29) is 12.0 Å². The van der Waals surface area contributed by atoms with E-state index in [4.69, 9.17) is 4.74 Å².